The van der Waals surface area contributed by atoms with Gasteiger partial charge in [0.15, 0.2) is 11.5 Å². The van der Waals surface area contributed by atoms with E-state index in [2.05, 4.69) is 0 Å². The number of ether oxygens (including phenoxy) is 2. The van der Waals surface area contributed by atoms with Crippen molar-refractivity contribution in [1.82, 2.24) is 0 Å². The molecule has 1 amide bonds. The first-order chi connectivity index (χ1) is 14.0. The molecule has 1 atom stereocenters. The van der Waals surface area contributed by atoms with Crippen molar-refractivity contribution in [2.75, 3.05) is 18.3 Å². The molecule has 2 aliphatic heterocycles. The van der Waals surface area contributed by atoms with Gasteiger partial charge in [-0.25, -0.2) is 0 Å². The number of rotatable bonds is 4. The number of aliphatic hydroxyl groups excluding tert-OH is 1. The molecule has 0 fully saturated rings. The molecule has 0 radical (unpaired) electrons. The number of carbonyl (C=O) groups excluding carboxylic acids is 1. The monoisotopic (exact) mass is 391 g/mol. The van der Waals surface area contributed by atoms with Crippen LogP contribution in [0.25, 0.3) is 0 Å². The van der Waals surface area contributed by atoms with Crippen LogP contribution in [0.1, 0.15) is 28.2 Å². The van der Waals surface area contributed by atoms with E-state index in [-0.39, 0.29) is 19.3 Å². The van der Waals surface area contributed by atoms with Crippen LogP contribution in [0.4, 0.5) is 5.69 Å². The number of anilines is 1. The van der Waals surface area contributed by atoms with Gasteiger partial charge in [-0.1, -0.05) is 18.2 Å². The maximum absolute atomic E-state index is 13.8. The predicted octanol–water partition coefficient (Wildman–Crippen LogP) is 3.45. The molecule has 29 heavy (non-hydrogen) atoms. The Kier molecular flexibility index (Phi) is 3.93. The second kappa shape index (κ2) is 6.39. The second-order valence-corrected chi connectivity index (χ2v) is 7.50. The number of hydrogen-bond donors (Lipinski definition) is 1. The lowest BCUT2D eigenvalue weighted by Crippen LogP contribution is -2.44. The highest BCUT2D eigenvalue weighted by Crippen LogP contribution is 2.49. The van der Waals surface area contributed by atoms with E-state index in [4.69, 9.17) is 13.9 Å². The molecule has 3 aromatic rings. The highest BCUT2D eigenvalue weighted by atomic mass is 16.7. The summed E-state index contributed by atoms with van der Waals surface area (Å²) in [5, 5.41) is 10.6. The van der Waals surface area contributed by atoms with Crippen LogP contribution in [0.15, 0.2) is 52.9 Å². The van der Waals surface area contributed by atoms with Gasteiger partial charge >= 0.3 is 0 Å². The van der Waals surface area contributed by atoms with E-state index in [1.165, 1.54) is 0 Å². The summed E-state index contributed by atoms with van der Waals surface area (Å²) in [7, 11) is 0. The molecular formula is C23H21NO5. The van der Waals surface area contributed by atoms with Gasteiger partial charge in [-0.3, -0.25) is 4.79 Å². The van der Waals surface area contributed by atoms with Gasteiger partial charge in [-0.15, -0.1) is 0 Å². The summed E-state index contributed by atoms with van der Waals surface area (Å²) in [6, 6.07) is 15.0. The molecule has 1 aromatic heterocycles. The van der Waals surface area contributed by atoms with Gasteiger partial charge in [0.05, 0.1) is 13.2 Å². The molecular weight excluding hydrogens is 370 g/mol. The minimum atomic E-state index is -1.21. The summed E-state index contributed by atoms with van der Waals surface area (Å²) in [5.41, 5.74) is 1.93. The molecule has 6 nitrogen and oxygen atoms in total. The zero-order valence-electron chi connectivity index (χ0n) is 16.3. The molecule has 3 heterocycles. The van der Waals surface area contributed by atoms with Gasteiger partial charge in [0.2, 0.25) is 12.7 Å². The minimum Gasteiger partial charge on any atom is -0.464 e. The van der Waals surface area contributed by atoms with Crippen LogP contribution in [0, 0.1) is 13.8 Å². The van der Waals surface area contributed by atoms with Crippen molar-refractivity contribution in [3.05, 3.63) is 76.7 Å². The number of amides is 1. The fourth-order valence-corrected chi connectivity index (χ4v) is 4.41. The second-order valence-electron chi connectivity index (χ2n) is 7.50. The Bertz CT molecular complexity index is 1120. The van der Waals surface area contributed by atoms with Crippen LogP contribution in [0.2, 0.25) is 0 Å². The molecule has 1 N–H and O–H groups in total. The molecule has 148 valence electrons. The van der Waals surface area contributed by atoms with Gasteiger partial charge in [0.1, 0.15) is 16.9 Å². The molecule has 0 saturated carbocycles. The van der Waals surface area contributed by atoms with Crippen LogP contribution in [0.5, 0.6) is 11.5 Å². The molecule has 0 bridgehead atoms. The number of furan rings is 1. The summed E-state index contributed by atoms with van der Waals surface area (Å²) < 4.78 is 16.7. The summed E-state index contributed by atoms with van der Waals surface area (Å²) in [6.45, 7) is 3.89. The van der Waals surface area contributed by atoms with Crippen molar-refractivity contribution in [2.45, 2.75) is 25.8 Å². The van der Waals surface area contributed by atoms with Gasteiger partial charge in [-0.05, 0) is 60.9 Å². The molecule has 6 heteroatoms. The summed E-state index contributed by atoms with van der Waals surface area (Å²) >= 11 is 0. The Morgan fingerprint density at radius 2 is 1.79 bits per heavy atom. The van der Waals surface area contributed by atoms with E-state index in [9.17, 15) is 9.90 Å². The Balaban J connectivity index is 1.68. The number of para-hydroxylation sites is 1. The van der Waals surface area contributed by atoms with E-state index in [1.807, 2.05) is 62.4 Å². The molecule has 0 spiro atoms. The van der Waals surface area contributed by atoms with Gasteiger partial charge in [-0.2, -0.15) is 0 Å². The van der Waals surface area contributed by atoms with Crippen molar-refractivity contribution < 1.29 is 23.8 Å². The molecule has 2 aliphatic rings. The summed E-state index contributed by atoms with van der Waals surface area (Å²) in [5.74, 6) is 2.55. The van der Waals surface area contributed by atoms with Crippen LogP contribution in [-0.2, 0) is 16.8 Å². The number of hydrogen-bond acceptors (Lipinski definition) is 5. The van der Waals surface area contributed by atoms with E-state index in [1.54, 1.807) is 4.90 Å². The number of nitrogens with zero attached hydrogens (tertiary/aromatic N) is 1. The number of carbonyl (C=O) groups is 1. The SMILES string of the molecule is Cc1ccc(CN2C(=O)[C@](CO)(c3cc4c(cc3C)OCO4)c3ccccc32)o1. The zero-order valence-corrected chi connectivity index (χ0v) is 16.3. The largest absolute Gasteiger partial charge is 0.464 e. The van der Waals surface area contributed by atoms with Gasteiger partial charge < -0.3 is 23.9 Å². The highest BCUT2D eigenvalue weighted by Gasteiger charge is 2.53. The molecule has 0 aliphatic carbocycles. The van der Waals surface area contributed by atoms with Crippen molar-refractivity contribution in [1.29, 1.82) is 0 Å². The van der Waals surface area contributed by atoms with Gasteiger partial charge in [0, 0.05) is 5.69 Å². The Hall–Kier alpha value is -3.25. The van der Waals surface area contributed by atoms with Crippen LogP contribution >= 0.6 is 0 Å². The first kappa shape index (κ1) is 17.8. The van der Waals surface area contributed by atoms with E-state index < -0.39 is 5.41 Å². The standard InChI is InChI=1S/C23H21NO5/c1-14-9-20-21(28-13-27-20)10-18(14)23(12-25)17-5-3-4-6-19(17)24(22(23)26)11-16-8-7-15(2)29-16/h3-10,25H,11-13H2,1-2H3/t23-/m0/s1. The maximum atomic E-state index is 13.8. The first-order valence-corrected chi connectivity index (χ1v) is 9.53. The van der Waals surface area contributed by atoms with Crippen molar-refractivity contribution >= 4 is 11.6 Å². The van der Waals surface area contributed by atoms with E-state index in [0.717, 1.165) is 28.1 Å². The zero-order chi connectivity index (χ0) is 20.2. The lowest BCUT2D eigenvalue weighted by Gasteiger charge is -2.29. The Morgan fingerprint density at radius 3 is 2.52 bits per heavy atom. The molecule has 0 saturated heterocycles. The number of benzene rings is 2. The Labute approximate surface area is 168 Å². The lowest BCUT2D eigenvalue weighted by molar-refractivity contribution is -0.123. The van der Waals surface area contributed by atoms with E-state index >= 15 is 0 Å². The fourth-order valence-electron chi connectivity index (χ4n) is 4.41. The molecule has 2 aromatic carbocycles. The van der Waals surface area contributed by atoms with Crippen molar-refractivity contribution in [3.8, 4) is 11.5 Å². The third-order valence-corrected chi connectivity index (χ3v) is 5.79. The average molecular weight is 391 g/mol. The first-order valence-electron chi connectivity index (χ1n) is 9.53. The third-order valence-electron chi connectivity index (χ3n) is 5.79. The lowest BCUT2D eigenvalue weighted by atomic mass is 9.74. The highest BCUT2D eigenvalue weighted by molar-refractivity contribution is 6.10. The number of fused-ring (bicyclic) bond motifs is 2. The third kappa shape index (κ3) is 2.49. The van der Waals surface area contributed by atoms with Crippen LogP contribution in [-0.4, -0.2) is 24.4 Å². The quantitative estimate of drug-likeness (QED) is 0.738. The van der Waals surface area contributed by atoms with Crippen molar-refractivity contribution in [3.63, 3.8) is 0 Å². The topological polar surface area (TPSA) is 72.1 Å². The summed E-state index contributed by atoms with van der Waals surface area (Å²) in [4.78, 5) is 15.5. The average Bonchev–Trinajstić information content (AvgIpc) is 3.40. The van der Waals surface area contributed by atoms with Crippen molar-refractivity contribution in [2.24, 2.45) is 0 Å². The van der Waals surface area contributed by atoms with Crippen LogP contribution in [0.3, 0.4) is 0 Å². The fraction of sp³-hybridized carbons (Fsp3) is 0.261. The normalized spacial score (nSPS) is 19.7. The van der Waals surface area contributed by atoms with Gasteiger partial charge in [0.25, 0.3) is 0 Å². The Morgan fingerprint density at radius 1 is 1.03 bits per heavy atom. The smallest absolute Gasteiger partial charge is 0.245 e. The van der Waals surface area contributed by atoms with E-state index in [0.29, 0.717) is 23.8 Å². The number of aliphatic hydroxyl groups is 1. The minimum absolute atomic E-state index is 0.152. The maximum Gasteiger partial charge on any atom is 0.245 e. The molecule has 0 unspecified atom stereocenters. The summed E-state index contributed by atoms with van der Waals surface area (Å²) in [6.07, 6.45) is 0. The van der Waals surface area contributed by atoms with Crippen LogP contribution < -0.4 is 14.4 Å². The number of aryl methyl sites for hydroxylation is 2. The molecule has 5 rings (SSSR count). The predicted molar refractivity (Wildman–Crippen MR) is 106 cm³/mol.